The van der Waals surface area contributed by atoms with Gasteiger partial charge in [0.2, 0.25) is 0 Å². The van der Waals surface area contributed by atoms with Gasteiger partial charge in [-0.1, -0.05) is 0 Å². The molecule has 0 aromatic heterocycles. The second kappa shape index (κ2) is 7.26. The van der Waals surface area contributed by atoms with E-state index in [1.165, 1.54) is 12.1 Å². The number of aryl methyl sites for hydroxylation is 1. The van der Waals surface area contributed by atoms with Gasteiger partial charge in [0.05, 0.1) is 0 Å². The van der Waals surface area contributed by atoms with Crippen LogP contribution >= 0.6 is 0 Å². The number of rotatable bonds is 7. The number of benzene rings is 1. The van der Waals surface area contributed by atoms with E-state index in [2.05, 4.69) is 0 Å². The third-order valence-electron chi connectivity index (χ3n) is 3.45. The molecule has 1 aromatic rings. The summed E-state index contributed by atoms with van der Waals surface area (Å²) in [4.78, 5) is -5.97. The van der Waals surface area contributed by atoms with Crippen LogP contribution in [0.15, 0.2) is 24.3 Å². The Balaban J connectivity index is 3.23. The van der Waals surface area contributed by atoms with Gasteiger partial charge in [-0.15, -0.1) is 0 Å². The van der Waals surface area contributed by atoms with Crippen LogP contribution in [0.4, 0.5) is 57.1 Å². The molecule has 0 bridgehead atoms. The van der Waals surface area contributed by atoms with Gasteiger partial charge < -0.3 is 0 Å². The Bertz CT molecular complexity index is 675. The van der Waals surface area contributed by atoms with Crippen molar-refractivity contribution in [1.29, 1.82) is 0 Å². The molecule has 1 rings (SSSR count). The van der Waals surface area contributed by atoms with Crippen molar-refractivity contribution in [3.8, 4) is 0 Å². The van der Waals surface area contributed by atoms with Crippen molar-refractivity contribution in [2.24, 2.45) is 0 Å². The first-order valence-corrected chi connectivity index (χ1v) is 8.94. The van der Waals surface area contributed by atoms with Crippen LogP contribution in [0.3, 0.4) is 0 Å². The molecule has 0 spiro atoms. The van der Waals surface area contributed by atoms with E-state index in [4.69, 9.17) is 0 Å². The zero-order valence-corrected chi connectivity index (χ0v) is 15.1. The van der Waals surface area contributed by atoms with Crippen LogP contribution in [0, 0.1) is 6.92 Å². The zero-order valence-electron chi connectivity index (χ0n) is 13.3. The van der Waals surface area contributed by atoms with E-state index >= 15 is 0 Å². The Morgan fingerprint density at radius 3 is 1.39 bits per heavy atom. The summed E-state index contributed by atoms with van der Waals surface area (Å²) in [5.74, 6) is -30.4. The molecule has 0 fully saturated rings. The minimum absolute atomic E-state index is 0.0863. The summed E-state index contributed by atoms with van der Waals surface area (Å²) in [5.41, 5.74) is 0.519. The van der Waals surface area contributed by atoms with Gasteiger partial charge in [0.1, 0.15) is 0 Å². The first-order chi connectivity index (χ1) is 12.2. The van der Waals surface area contributed by atoms with Crippen LogP contribution in [0.2, 0.25) is 0 Å². The van der Waals surface area contributed by atoms with Crippen molar-refractivity contribution in [1.82, 2.24) is 0 Å². The number of halogens is 13. The van der Waals surface area contributed by atoms with E-state index in [-0.39, 0.29) is 5.56 Å². The normalized spacial score (nSPS) is 15.1. The molecule has 162 valence electrons. The molecule has 14 heteroatoms. The Morgan fingerprint density at radius 1 is 0.607 bits per heavy atom. The zero-order chi connectivity index (χ0) is 22.4. The molecule has 0 aliphatic heterocycles. The average molecular weight is 503 g/mol. The summed E-state index contributed by atoms with van der Waals surface area (Å²) in [6.45, 7) is 1.56. The van der Waals surface area contributed by atoms with Crippen molar-refractivity contribution in [3.05, 3.63) is 35.4 Å². The van der Waals surface area contributed by atoms with Crippen LogP contribution < -0.4 is 0 Å². The topological polar surface area (TPSA) is 0 Å². The molecule has 0 aliphatic carbocycles. The van der Waals surface area contributed by atoms with Gasteiger partial charge in [0, 0.05) is 0 Å². The van der Waals surface area contributed by atoms with Crippen LogP contribution in [0.5, 0.6) is 0 Å². The second-order valence-electron chi connectivity index (χ2n) is 5.59. The Morgan fingerprint density at radius 2 is 1.00 bits per heavy atom. The molecule has 0 unspecified atom stereocenters. The first-order valence-electron chi connectivity index (χ1n) is 6.87. The Kier molecular flexibility index (Phi) is 6.45. The number of alkyl halides is 13. The molecule has 28 heavy (non-hydrogen) atoms. The first kappa shape index (κ1) is 24.9. The van der Waals surface area contributed by atoms with Gasteiger partial charge in [-0.2, -0.15) is 0 Å². The molecule has 0 heterocycles. The Labute approximate surface area is 155 Å². The third-order valence-corrected chi connectivity index (χ3v) is 5.75. The summed E-state index contributed by atoms with van der Waals surface area (Å²) >= 11 is -2.89. The van der Waals surface area contributed by atoms with E-state index in [9.17, 15) is 57.1 Å². The van der Waals surface area contributed by atoms with Crippen LogP contribution in [-0.2, 0) is 5.32 Å². The van der Waals surface area contributed by atoms with Crippen LogP contribution in [0.1, 0.15) is 11.1 Å². The van der Waals surface area contributed by atoms with Crippen molar-refractivity contribution in [3.63, 3.8) is 0 Å². The predicted molar refractivity (Wildman–Crippen MR) is 71.4 cm³/mol. The van der Waals surface area contributed by atoms with E-state index in [1.807, 2.05) is 0 Å². The van der Waals surface area contributed by atoms with Crippen molar-refractivity contribution >= 4 is 15.0 Å². The fourth-order valence-electron chi connectivity index (χ4n) is 1.70. The van der Waals surface area contributed by atoms with Crippen molar-refractivity contribution in [2.45, 2.75) is 46.9 Å². The molecule has 0 amide bonds. The maximum absolute atomic E-state index is 13.6. The summed E-state index contributed by atoms with van der Waals surface area (Å²) in [5, 5.41) is -1.01. The molecule has 0 atom stereocenters. The Hall–Kier alpha value is -1.17. The second-order valence-corrected chi connectivity index (χ2v) is 7.87. The standard InChI is InChI=1S/C14H9F13Se/c1-7-2-4-8(5-3-7)6-28-14(26,27)12(21,22)10(17,18)9(15,16)11(19,20)13(23,24)25/h2-5H,6H2,1H3. The summed E-state index contributed by atoms with van der Waals surface area (Å²) in [7, 11) is 0. The predicted octanol–water partition coefficient (Wildman–Crippen LogP) is 5.90. The quantitative estimate of drug-likeness (QED) is 0.322. The SMILES string of the molecule is Cc1ccc(C[Se]C(F)(F)C(F)(F)C(F)(F)C(F)(F)C(F)(F)C(F)(F)F)cc1. The summed E-state index contributed by atoms with van der Waals surface area (Å²) in [6, 6.07) is 4.92. The third kappa shape index (κ3) is 3.94. The van der Waals surface area contributed by atoms with E-state index in [0.29, 0.717) is 5.56 Å². The van der Waals surface area contributed by atoms with Crippen LogP contribution in [0.25, 0.3) is 0 Å². The fraction of sp³-hybridized carbons (Fsp3) is 0.571. The van der Waals surface area contributed by atoms with Gasteiger partial charge in [-0.05, 0) is 0 Å². The van der Waals surface area contributed by atoms with Gasteiger partial charge in [-0.3, -0.25) is 0 Å². The molecule has 1 aromatic carbocycles. The van der Waals surface area contributed by atoms with E-state index in [1.54, 1.807) is 6.92 Å². The molecular weight excluding hydrogens is 494 g/mol. The molecule has 0 saturated heterocycles. The fourth-order valence-corrected chi connectivity index (χ4v) is 3.49. The molecule has 0 nitrogen and oxygen atoms in total. The maximum atomic E-state index is 13.6. The van der Waals surface area contributed by atoms with E-state index in [0.717, 1.165) is 12.1 Å². The molecule has 0 saturated carbocycles. The van der Waals surface area contributed by atoms with Gasteiger partial charge in [0.25, 0.3) is 0 Å². The van der Waals surface area contributed by atoms with E-state index < -0.39 is 55.0 Å². The number of hydrogen-bond acceptors (Lipinski definition) is 0. The van der Waals surface area contributed by atoms with Gasteiger partial charge >= 0.3 is 154 Å². The molecular formula is C14H9F13Se. The molecule has 0 radical (unpaired) electrons. The average Bonchev–Trinajstić information content (AvgIpc) is 2.52. The molecule has 0 aliphatic rings. The monoisotopic (exact) mass is 504 g/mol. The van der Waals surface area contributed by atoms with Crippen molar-refractivity contribution in [2.75, 3.05) is 0 Å². The van der Waals surface area contributed by atoms with Gasteiger partial charge in [-0.25, -0.2) is 0 Å². The van der Waals surface area contributed by atoms with Crippen molar-refractivity contribution < 1.29 is 57.1 Å². The van der Waals surface area contributed by atoms with Gasteiger partial charge in [0.15, 0.2) is 0 Å². The molecule has 0 N–H and O–H groups in total. The summed E-state index contributed by atoms with van der Waals surface area (Å²) < 4.78 is 168. The number of hydrogen-bond donors (Lipinski definition) is 0. The minimum atomic E-state index is -7.84. The summed E-state index contributed by atoms with van der Waals surface area (Å²) in [6.07, 6.45) is -7.39. The van der Waals surface area contributed by atoms with Crippen LogP contribution in [-0.4, -0.2) is 49.6 Å².